The molecule has 8 N–H and O–H groups in total. The molecule has 14 nitrogen and oxygen atoms in total. The van der Waals surface area contributed by atoms with Crippen molar-refractivity contribution in [1.29, 1.82) is 0 Å². The minimum atomic E-state index is -1.49. The fourth-order valence-corrected chi connectivity index (χ4v) is 4.30. The van der Waals surface area contributed by atoms with Crippen LogP contribution in [0.3, 0.4) is 0 Å². The van der Waals surface area contributed by atoms with Crippen LogP contribution in [-0.2, 0) is 28.8 Å². The average Bonchev–Trinajstić information content (AvgIpc) is 2.95. The van der Waals surface area contributed by atoms with Crippen molar-refractivity contribution in [2.45, 2.75) is 84.0 Å². The molecular formula is C29H44N8O6. The third-order valence-corrected chi connectivity index (χ3v) is 6.93. The Morgan fingerprint density at radius 3 is 2.28 bits per heavy atom. The van der Waals surface area contributed by atoms with Crippen LogP contribution in [0.4, 0.5) is 0 Å². The Bertz CT molecular complexity index is 1200. The average molecular weight is 601 g/mol. The minimum Gasteiger partial charge on any atom is -0.370 e. The van der Waals surface area contributed by atoms with Gasteiger partial charge in [-0.2, -0.15) is 0 Å². The van der Waals surface area contributed by atoms with Gasteiger partial charge in [-0.15, -0.1) is 0 Å². The largest absolute Gasteiger partial charge is 0.370 e. The number of nitrogens with zero attached hydrogens (tertiary/aromatic N) is 1. The van der Waals surface area contributed by atoms with E-state index in [4.69, 9.17) is 5.73 Å². The predicted molar refractivity (Wildman–Crippen MR) is 160 cm³/mol. The van der Waals surface area contributed by atoms with E-state index in [1.807, 2.05) is 0 Å². The quantitative estimate of drug-likeness (QED) is 0.118. The highest BCUT2D eigenvalue weighted by Gasteiger charge is 2.38. The van der Waals surface area contributed by atoms with Gasteiger partial charge < -0.3 is 32.3 Å². The van der Waals surface area contributed by atoms with Gasteiger partial charge in [0.1, 0.15) is 23.7 Å². The molecule has 1 saturated heterocycles. The molecule has 236 valence electrons. The van der Waals surface area contributed by atoms with Crippen LogP contribution >= 0.6 is 0 Å². The monoisotopic (exact) mass is 600 g/mol. The van der Waals surface area contributed by atoms with E-state index in [2.05, 4.69) is 36.9 Å². The maximum atomic E-state index is 13.7. The SMILES string of the molecule is CC[C@@H]1NC(=O)[C@H](CCCN=C(N)NC(C)=O)NC(=O)[C@](C)(NC(=O)C(C)C)CCNC(=O)[C@@H](c2ccccc2)NC1=O. The summed E-state index contributed by atoms with van der Waals surface area (Å²) in [5, 5.41) is 16.0. The van der Waals surface area contributed by atoms with E-state index < -0.39 is 53.2 Å². The van der Waals surface area contributed by atoms with Gasteiger partial charge in [-0.3, -0.25) is 39.1 Å². The number of guanidine groups is 1. The highest BCUT2D eigenvalue weighted by atomic mass is 16.2. The van der Waals surface area contributed by atoms with Gasteiger partial charge in [-0.1, -0.05) is 51.1 Å². The first kappa shape index (κ1) is 34.7. The number of nitrogens with two attached hydrogens (primary N) is 1. The molecular weight excluding hydrogens is 556 g/mol. The Hall–Kier alpha value is -4.49. The normalized spacial score (nSPS) is 24.1. The van der Waals surface area contributed by atoms with Gasteiger partial charge >= 0.3 is 0 Å². The Morgan fingerprint density at radius 1 is 1.02 bits per heavy atom. The highest BCUT2D eigenvalue weighted by Crippen LogP contribution is 2.17. The van der Waals surface area contributed by atoms with E-state index >= 15 is 0 Å². The van der Waals surface area contributed by atoms with Crippen LogP contribution in [0, 0.1) is 5.92 Å². The second-order valence-electron chi connectivity index (χ2n) is 11.0. The zero-order valence-corrected chi connectivity index (χ0v) is 25.4. The van der Waals surface area contributed by atoms with Crippen molar-refractivity contribution >= 4 is 41.4 Å². The molecule has 0 bridgehead atoms. The van der Waals surface area contributed by atoms with Crippen LogP contribution in [0.15, 0.2) is 35.3 Å². The van der Waals surface area contributed by atoms with Gasteiger partial charge in [0, 0.05) is 25.9 Å². The Kier molecular flexibility index (Phi) is 13.1. The predicted octanol–water partition coefficient (Wildman–Crippen LogP) is -0.495. The Balaban J connectivity index is 2.42. The molecule has 43 heavy (non-hydrogen) atoms. The lowest BCUT2D eigenvalue weighted by Gasteiger charge is -2.33. The number of carbonyl (C=O) groups is 6. The van der Waals surface area contributed by atoms with Crippen LogP contribution in [0.2, 0.25) is 0 Å². The molecule has 1 aromatic rings. The molecule has 1 aliphatic rings. The summed E-state index contributed by atoms with van der Waals surface area (Å²) in [4.78, 5) is 81.6. The van der Waals surface area contributed by atoms with Crippen molar-refractivity contribution in [3.05, 3.63) is 35.9 Å². The summed E-state index contributed by atoms with van der Waals surface area (Å²) < 4.78 is 0. The zero-order chi connectivity index (χ0) is 32.2. The lowest BCUT2D eigenvalue weighted by atomic mass is 9.94. The molecule has 6 amide bonds. The molecule has 0 saturated carbocycles. The maximum absolute atomic E-state index is 13.7. The number of amides is 6. The second-order valence-corrected chi connectivity index (χ2v) is 11.0. The highest BCUT2D eigenvalue weighted by molar-refractivity contribution is 5.97. The molecule has 4 atom stereocenters. The van der Waals surface area contributed by atoms with Crippen LogP contribution in [0.5, 0.6) is 0 Å². The summed E-state index contributed by atoms with van der Waals surface area (Å²) in [6, 6.07) is 5.49. The summed E-state index contributed by atoms with van der Waals surface area (Å²) in [6.45, 7) is 8.03. The third kappa shape index (κ3) is 10.7. The molecule has 1 aliphatic heterocycles. The summed E-state index contributed by atoms with van der Waals surface area (Å²) in [6.07, 6.45) is 0.621. The van der Waals surface area contributed by atoms with Crippen LogP contribution in [-0.4, -0.2) is 72.1 Å². The molecule has 1 heterocycles. The lowest BCUT2D eigenvalue weighted by Crippen LogP contribution is -2.63. The standard InChI is InChI=1S/C29H44N8O6/c1-6-20-24(40)36-22(19-11-8-7-9-12-19)26(42)31-16-14-29(5,37-23(39)17(2)3)27(43)35-21(25(41)34-20)13-10-15-32-28(30)33-18(4)38/h7-9,11-12,17,20-22H,6,10,13-16H2,1-5H3,(H,31,42)(H,34,41)(H,35,43)(H,36,40)(H,37,39)(H3,30,32,33,38)/t20-,21-,22+,29+/m0/s1. The number of rotatable bonds is 8. The number of nitrogens with one attached hydrogen (secondary N) is 6. The van der Waals surface area contributed by atoms with E-state index in [1.165, 1.54) is 13.8 Å². The number of aliphatic imine (C=N–C) groups is 1. The van der Waals surface area contributed by atoms with Crippen LogP contribution in [0.25, 0.3) is 0 Å². The lowest BCUT2D eigenvalue weighted by molar-refractivity contribution is -0.138. The number of hydrogen-bond acceptors (Lipinski definition) is 7. The number of hydrogen-bond donors (Lipinski definition) is 7. The van der Waals surface area contributed by atoms with E-state index in [0.29, 0.717) is 12.0 Å². The second kappa shape index (κ2) is 16.2. The van der Waals surface area contributed by atoms with Crippen molar-refractivity contribution < 1.29 is 28.8 Å². The van der Waals surface area contributed by atoms with Crippen molar-refractivity contribution in [2.75, 3.05) is 13.1 Å². The van der Waals surface area contributed by atoms with Crippen molar-refractivity contribution in [3.8, 4) is 0 Å². The number of benzene rings is 1. The van der Waals surface area contributed by atoms with Crippen molar-refractivity contribution in [3.63, 3.8) is 0 Å². The first-order valence-corrected chi connectivity index (χ1v) is 14.4. The molecule has 0 unspecified atom stereocenters. The molecule has 0 radical (unpaired) electrons. The Labute approximate surface area is 251 Å². The van der Waals surface area contributed by atoms with Gasteiger partial charge in [0.15, 0.2) is 5.96 Å². The van der Waals surface area contributed by atoms with Crippen LogP contribution < -0.4 is 37.6 Å². The Morgan fingerprint density at radius 2 is 1.67 bits per heavy atom. The van der Waals surface area contributed by atoms with E-state index in [-0.39, 0.29) is 50.1 Å². The summed E-state index contributed by atoms with van der Waals surface area (Å²) >= 11 is 0. The fraction of sp³-hybridized carbons (Fsp3) is 0.552. The minimum absolute atomic E-state index is 0.00194. The molecule has 1 fully saturated rings. The summed E-state index contributed by atoms with van der Waals surface area (Å²) in [7, 11) is 0. The molecule has 0 aliphatic carbocycles. The molecule has 0 spiro atoms. The molecule has 2 rings (SSSR count). The summed E-state index contributed by atoms with van der Waals surface area (Å²) in [5.41, 5.74) is 4.71. The number of carbonyl (C=O) groups excluding carboxylic acids is 6. The van der Waals surface area contributed by atoms with Gasteiger partial charge in [0.25, 0.3) is 0 Å². The smallest absolute Gasteiger partial charge is 0.247 e. The maximum Gasteiger partial charge on any atom is 0.247 e. The first-order chi connectivity index (χ1) is 20.3. The van der Waals surface area contributed by atoms with Crippen LogP contribution in [0.1, 0.15) is 71.9 Å². The summed E-state index contributed by atoms with van der Waals surface area (Å²) in [5.74, 6) is -3.59. The van der Waals surface area contributed by atoms with Crippen molar-refractivity contribution in [2.24, 2.45) is 16.6 Å². The van der Waals surface area contributed by atoms with Gasteiger partial charge in [0.2, 0.25) is 35.4 Å². The van der Waals surface area contributed by atoms with Crippen molar-refractivity contribution in [1.82, 2.24) is 31.9 Å². The zero-order valence-electron chi connectivity index (χ0n) is 25.4. The van der Waals surface area contributed by atoms with E-state index in [9.17, 15) is 28.8 Å². The molecule has 1 aromatic carbocycles. The third-order valence-electron chi connectivity index (χ3n) is 6.93. The fourth-order valence-electron chi connectivity index (χ4n) is 4.30. The van der Waals surface area contributed by atoms with Gasteiger partial charge in [-0.05, 0) is 38.2 Å². The van der Waals surface area contributed by atoms with E-state index in [1.54, 1.807) is 51.1 Å². The first-order valence-electron chi connectivity index (χ1n) is 14.4. The topological polar surface area (TPSA) is 213 Å². The molecule has 0 aromatic heterocycles. The van der Waals surface area contributed by atoms with Gasteiger partial charge in [0.05, 0.1) is 0 Å². The van der Waals surface area contributed by atoms with E-state index in [0.717, 1.165) is 0 Å². The molecule has 14 heteroatoms. The van der Waals surface area contributed by atoms with Gasteiger partial charge in [-0.25, -0.2) is 0 Å².